The molecule has 0 saturated carbocycles. The van der Waals surface area contributed by atoms with Gasteiger partial charge >= 0.3 is 5.97 Å². The number of hydrogen-bond donors (Lipinski definition) is 1. The Labute approximate surface area is 252 Å². The Bertz CT molecular complexity index is 1360. The van der Waals surface area contributed by atoms with Crippen LogP contribution in [0.15, 0.2) is 49.6 Å². The van der Waals surface area contributed by atoms with E-state index < -0.39 is 35.0 Å². The van der Waals surface area contributed by atoms with E-state index in [2.05, 4.69) is 23.5 Å². The smallest absolute Gasteiger partial charge is 0.312 e. The first-order valence-electron chi connectivity index (χ1n) is 15.4. The Morgan fingerprint density at radius 1 is 1.16 bits per heavy atom. The van der Waals surface area contributed by atoms with Crippen molar-refractivity contribution >= 4 is 28.8 Å². The van der Waals surface area contributed by atoms with E-state index >= 15 is 0 Å². The van der Waals surface area contributed by atoms with Gasteiger partial charge in [-0.05, 0) is 57.6 Å². The van der Waals surface area contributed by atoms with Gasteiger partial charge in [0.25, 0.3) is 0 Å². The Hall–Kier alpha value is -3.57. The fraction of sp³-hybridized carbons (Fsp3) is 0.594. The Kier molecular flexibility index (Phi) is 9.31. The number of nitrogens with zero attached hydrogens (tertiary/aromatic N) is 5. The third kappa shape index (κ3) is 5.60. The van der Waals surface area contributed by atoms with Crippen LogP contribution < -0.4 is 0 Å². The number of likely N-dealkylation sites (tertiary alicyclic amines) is 1. The maximum absolute atomic E-state index is 14.6. The second-order valence-corrected chi connectivity index (χ2v) is 12.1. The number of para-hydroxylation sites is 1. The summed E-state index contributed by atoms with van der Waals surface area (Å²) in [4.78, 5) is 45.7. The van der Waals surface area contributed by atoms with E-state index in [-0.39, 0.29) is 38.2 Å². The van der Waals surface area contributed by atoms with Gasteiger partial charge < -0.3 is 24.4 Å². The largest absolute Gasteiger partial charge is 0.465 e. The van der Waals surface area contributed by atoms with Crippen LogP contribution in [0.25, 0.3) is 11.0 Å². The summed E-state index contributed by atoms with van der Waals surface area (Å²) in [6.07, 6.45) is 8.82. The van der Waals surface area contributed by atoms with Gasteiger partial charge in [-0.15, -0.1) is 18.3 Å². The van der Waals surface area contributed by atoms with E-state index in [0.717, 1.165) is 24.8 Å². The van der Waals surface area contributed by atoms with Crippen molar-refractivity contribution in [1.82, 2.24) is 24.8 Å². The van der Waals surface area contributed by atoms with Crippen LogP contribution in [0.3, 0.4) is 0 Å². The molecular weight excluding hydrogens is 550 g/mol. The van der Waals surface area contributed by atoms with Gasteiger partial charge in [-0.2, -0.15) is 0 Å². The lowest BCUT2D eigenvalue weighted by atomic mass is 9.66. The average molecular weight is 594 g/mol. The summed E-state index contributed by atoms with van der Waals surface area (Å²) in [5.74, 6) is -2.54. The molecule has 1 aromatic carbocycles. The summed E-state index contributed by atoms with van der Waals surface area (Å²) < 4.78 is 14.1. The van der Waals surface area contributed by atoms with Gasteiger partial charge in [0, 0.05) is 19.7 Å². The quantitative estimate of drug-likeness (QED) is 0.179. The lowest BCUT2D eigenvalue weighted by Gasteiger charge is -2.36. The number of amides is 2. The third-order valence-electron chi connectivity index (χ3n) is 9.25. The van der Waals surface area contributed by atoms with Crippen LogP contribution in [0.2, 0.25) is 0 Å². The highest BCUT2D eigenvalue weighted by molar-refractivity contribution is 5.98. The first-order valence-corrected chi connectivity index (χ1v) is 15.4. The predicted molar refractivity (Wildman–Crippen MR) is 159 cm³/mol. The van der Waals surface area contributed by atoms with E-state index in [4.69, 9.17) is 9.47 Å². The molecule has 4 heterocycles. The number of aliphatic hydroxyl groups excluding tert-OH is 1. The number of aromatic nitrogens is 3. The van der Waals surface area contributed by atoms with E-state index in [1.807, 2.05) is 31.2 Å². The third-order valence-corrected chi connectivity index (χ3v) is 9.25. The lowest BCUT2D eigenvalue weighted by Crippen LogP contribution is -2.56. The number of ether oxygens (including phenoxy) is 2. The number of rotatable bonds is 16. The van der Waals surface area contributed by atoms with E-state index in [1.165, 1.54) is 0 Å². The zero-order chi connectivity index (χ0) is 30.6. The SMILES string of the molecule is C=CCCCOC(=O)[C@@H]1[C@H]2C(=O)N(CCCCCCO)C(C(=O)N(CC=C)Cn3nnc4ccccc43)C23CC[C@@]1(C)O3. The molecule has 3 aliphatic rings. The van der Waals surface area contributed by atoms with Crippen molar-refractivity contribution < 1.29 is 29.0 Å². The van der Waals surface area contributed by atoms with Gasteiger partial charge in [-0.25, -0.2) is 4.68 Å². The predicted octanol–water partition coefficient (Wildman–Crippen LogP) is 3.23. The highest BCUT2D eigenvalue weighted by Crippen LogP contribution is 2.63. The number of carbonyl (C=O) groups excluding carboxylic acids is 3. The Morgan fingerprint density at radius 2 is 1.95 bits per heavy atom. The molecule has 5 atom stereocenters. The standard InChI is InChI=1S/C32H43N5O6/c1-4-6-13-21-42-30(41)26-25-28(39)36(19-11-7-8-12-20-38)27(32(25)17-16-31(26,3)43-32)29(40)35(18-5-2)22-37-24-15-10-9-14-23(24)33-34-37/h4-5,9-10,14-15,25-27,38H,1-2,6-8,11-13,16-22H2,3H3/t25-,26-,27?,31+,32?/m0/s1. The van der Waals surface area contributed by atoms with Crippen molar-refractivity contribution in [2.45, 2.75) is 82.2 Å². The van der Waals surface area contributed by atoms with Crippen LogP contribution in [0, 0.1) is 11.8 Å². The van der Waals surface area contributed by atoms with Gasteiger partial charge in [0.1, 0.15) is 29.7 Å². The molecule has 5 rings (SSSR count). The average Bonchev–Trinajstić information content (AvgIpc) is 3.70. The minimum atomic E-state index is -1.14. The summed E-state index contributed by atoms with van der Waals surface area (Å²) in [7, 11) is 0. The molecule has 2 bridgehead atoms. The monoisotopic (exact) mass is 593 g/mol. The van der Waals surface area contributed by atoms with Gasteiger partial charge in [0.2, 0.25) is 11.8 Å². The summed E-state index contributed by atoms with van der Waals surface area (Å²) in [6, 6.07) is 6.62. The van der Waals surface area contributed by atoms with Crippen molar-refractivity contribution in [2.24, 2.45) is 11.8 Å². The molecule has 3 fully saturated rings. The van der Waals surface area contributed by atoms with Gasteiger partial charge in [0.15, 0.2) is 0 Å². The highest BCUT2D eigenvalue weighted by Gasteiger charge is 2.78. The number of carbonyl (C=O) groups is 3. The molecule has 1 spiro atoms. The minimum Gasteiger partial charge on any atom is -0.465 e. The molecule has 1 aromatic heterocycles. The van der Waals surface area contributed by atoms with Crippen LogP contribution in [0.5, 0.6) is 0 Å². The number of allylic oxidation sites excluding steroid dienone is 1. The molecular formula is C32H43N5O6. The Morgan fingerprint density at radius 3 is 2.72 bits per heavy atom. The molecule has 0 radical (unpaired) electrons. The lowest BCUT2D eigenvalue weighted by molar-refractivity contribution is -0.160. The fourth-order valence-electron chi connectivity index (χ4n) is 7.27. The summed E-state index contributed by atoms with van der Waals surface area (Å²) in [5, 5.41) is 17.7. The molecule has 11 nitrogen and oxygen atoms in total. The maximum Gasteiger partial charge on any atom is 0.312 e. The Balaban J connectivity index is 1.46. The number of aliphatic hydroxyl groups is 1. The molecule has 3 saturated heterocycles. The number of fused-ring (bicyclic) bond motifs is 2. The summed E-state index contributed by atoms with van der Waals surface area (Å²) in [5.41, 5.74) is -0.531. The van der Waals surface area contributed by atoms with E-state index in [0.29, 0.717) is 44.2 Å². The first-order chi connectivity index (χ1) is 20.8. The zero-order valence-electron chi connectivity index (χ0n) is 25.0. The highest BCUT2D eigenvalue weighted by atomic mass is 16.6. The normalized spacial score (nSPS) is 27.4. The summed E-state index contributed by atoms with van der Waals surface area (Å²) >= 11 is 0. The van der Waals surface area contributed by atoms with Crippen LogP contribution in [-0.4, -0.2) is 91.2 Å². The molecule has 2 unspecified atom stereocenters. The van der Waals surface area contributed by atoms with Crippen molar-refractivity contribution in [1.29, 1.82) is 0 Å². The molecule has 1 N–H and O–H groups in total. The van der Waals surface area contributed by atoms with Crippen molar-refractivity contribution in [3.8, 4) is 0 Å². The molecule has 0 aliphatic carbocycles. The van der Waals surface area contributed by atoms with Crippen LogP contribution >= 0.6 is 0 Å². The molecule has 2 amide bonds. The summed E-state index contributed by atoms with van der Waals surface area (Å²) in [6.45, 7) is 10.5. The number of esters is 1. The number of hydrogen-bond acceptors (Lipinski definition) is 8. The van der Waals surface area contributed by atoms with Crippen LogP contribution in [-0.2, 0) is 30.5 Å². The topological polar surface area (TPSA) is 127 Å². The van der Waals surface area contributed by atoms with Crippen LogP contribution in [0.4, 0.5) is 0 Å². The van der Waals surface area contributed by atoms with Gasteiger partial charge in [0.05, 0.1) is 23.6 Å². The molecule has 2 aromatic rings. The van der Waals surface area contributed by atoms with Crippen molar-refractivity contribution in [2.75, 3.05) is 26.3 Å². The second-order valence-electron chi connectivity index (χ2n) is 12.1. The second kappa shape index (κ2) is 13.0. The number of benzene rings is 1. The molecule has 11 heteroatoms. The van der Waals surface area contributed by atoms with Crippen LogP contribution in [0.1, 0.15) is 58.3 Å². The maximum atomic E-state index is 14.6. The number of unbranched alkanes of at least 4 members (excludes halogenated alkanes) is 4. The van der Waals surface area contributed by atoms with E-state index in [1.54, 1.807) is 26.6 Å². The molecule has 43 heavy (non-hydrogen) atoms. The molecule has 3 aliphatic heterocycles. The first kappa shape index (κ1) is 30.9. The van der Waals surface area contributed by atoms with E-state index in [9.17, 15) is 19.5 Å². The molecule has 232 valence electrons. The van der Waals surface area contributed by atoms with Crippen molar-refractivity contribution in [3.05, 3.63) is 49.6 Å². The zero-order valence-corrected chi connectivity index (χ0v) is 25.0. The van der Waals surface area contributed by atoms with Crippen molar-refractivity contribution in [3.63, 3.8) is 0 Å². The minimum absolute atomic E-state index is 0.117. The fourth-order valence-corrected chi connectivity index (χ4v) is 7.27. The van der Waals surface area contributed by atoms with Gasteiger partial charge in [-0.3, -0.25) is 14.4 Å². The van der Waals surface area contributed by atoms with Gasteiger partial charge in [-0.1, -0.05) is 42.3 Å².